The second kappa shape index (κ2) is 7.42. The molecule has 0 aromatic carbocycles. The molecular formula is C14H20F3N5. The van der Waals surface area contributed by atoms with Crippen molar-refractivity contribution in [2.75, 3.05) is 0 Å². The van der Waals surface area contributed by atoms with E-state index in [4.69, 9.17) is 5.73 Å². The summed E-state index contributed by atoms with van der Waals surface area (Å²) in [5.74, 6) is 0.494. The quantitative estimate of drug-likeness (QED) is 0.511. The molecule has 5 nitrogen and oxygen atoms in total. The minimum absolute atomic E-state index is 0.0592. The van der Waals surface area contributed by atoms with Crippen molar-refractivity contribution in [3.05, 3.63) is 23.8 Å². The Morgan fingerprint density at radius 1 is 1.18 bits per heavy atom. The number of nitrogens with zero attached hydrogens (tertiary/aromatic N) is 3. The predicted octanol–water partition coefficient (Wildman–Crippen LogP) is 2.62. The van der Waals surface area contributed by atoms with Crippen LogP contribution in [0.15, 0.2) is 17.4 Å². The number of nitrogens with two attached hydrogens (primary N) is 1. The Kier molecular flexibility index (Phi) is 5.57. The van der Waals surface area contributed by atoms with Crippen LogP contribution in [0, 0.1) is 0 Å². The number of nitrogens with one attached hydrogen (secondary N) is 1. The van der Waals surface area contributed by atoms with Crippen LogP contribution in [0.5, 0.6) is 0 Å². The molecule has 1 saturated carbocycles. The molecule has 3 N–H and O–H groups in total. The fraction of sp³-hybridized carbons (Fsp3) is 0.643. The first-order valence-corrected chi connectivity index (χ1v) is 7.40. The Morgan fingerprint density at radius 3 is 2.32 bits per heavy atom. The van der Waals surface area contributed by atoms with Crippen LogP contribution in [0.4, 0.5) is 13.2 Å². The van der Waals surface area contributed by atoms with Gasteiger partial charge in [-0.1, -0.05) is 25.7 Å². The van der Waals surface area contributed by atoms with E-state index < -0.39 is 11.7 Å². The lowest BCUT2D eigenvalue weighted by atomic mass is 10.1. The zero-order valence-electron chi connectivity index (χ0n) is 12.2. The fourth-order valence-corrected chi connectivity index (χ4v) is 2.42. The van der Waals surface area contributed by atoms with Crippen LogP contribution >= 0.6 is 0 Å². The van der Waals surface area contributed by atoms with E-state index in [1.165, 1.54) is 25.7 Å². The molecule has 1 aliphatic rings. The average Bonchev–Trinajstić information content (AvgIpc) is 2.73. The normalized spacial score (nSPS) is 18.0. The Bertz CT molecular complexity index is 490. The molecule has 0 unspecified atom stereocenters. The van der Waals surface area contributed by atoms with E-state index >= 15 is 0 Å². The first-order valence-electron chi connectivity index (χ1n) is 7.40. The van der Waals surface area contributed by atoms with E-state index in [2.05, 4.69) is 20.3 Å². The zero-order valence-corrected chi connectivity index (χ0v) is 12.2. The molecule has 1 fully saturated rings. The van der Waals surface area contributed by atoms with Gasteiger partial charge in [0.2, 0.25) is 0 Å². The van der Waals surface area contributed by atoms with Crippen LogP contribution in [0.3, 0.4) is 0 Å². The molecule has 0 amide bonds. The minimum Gasteiger partial charge on any atom is -0.370 e. The predicted molar refractivity (Wildman–Crippen MR) is 77.0 cm³/mol. The molecule has 0 saturated heterocycles. The molecule has 0 aliphatic heterocycles. The third-order valence-electron chi connectivity index (χ3n) is 3.63. The third-order valence-corrected chi connectivity index (χ3v) is 3.63. The molecule has 0 radical (unpaired) electrons. The fourth-order valence-electron chi connectivity index (χ4n) is 2.42. The van der Waals surface area contributed by atoms with Crippen molar-refractivity contribution in [2.24, 2.45) is 10.7 Å². The lowest BCUT2D eigenvalue weighted by Crippen LogP contribution is -2.39. The second-order valence-corrected chi connectivity index (χ2v) is 5.42. The number of aromatic nitrogens is 2. The van der Waals surface area contributed by atoms with Crippen molar-refractivity contribution in [3.8, 4) is 0 Å². The Balaban J connectivity index is 1.87. The topological polar surface area (TPSA) is 76.2 Å². The maximum absolute atomic E-state index is 12.4. The summed E-state index contributed by atoms with van der Waals surface area (Å²) >= 11 is 0. The van der Waals surface area contributed by atoms with E-state index in [9.17, 15) is 13.2 Å². The molecule has 0 atom stereocenters. The van der Waals surface area contributed by atoms with Gasteiger partial charge in [0.1, 0.15) is 12.4 Å². The molecule has 1 aromatic heterocycles. The molecule has 122 valence electrons. The monoisotopic (exact) mass is 315 g/mol. The molecule has 0 bridgehead atoms. The highest BCUT2D eigenvalue weighted by molar-refractivity contribution is 5.78. The van der Waals surface area contributed by atoms with Gasteiger partial charge in [-0.2, -0.15) is 13.2 Å². The maximum Gasteiger partial charge on any atom is 0.419 e. The van der Waals surface area contributed by atoms with Gasteiger partial charge in [-0.05, 0) is 12.8 Å². The van der Waals surface area contributed by atoms with Gasteiger partial charge in [0.05, 0.1) is 5.56 Å². The SMILES string of the molecule is NC(=NCc1ncc(C(F)(F)F)cn1)NC1CCCCCC1. The molecule has 8 heteroatoms. The van der Waals surface area contributed by atoms with Gasteiger partial charge < -0.3 is 11.1 Å². The summed E-state index contributed by atoms with van der Waals surface area (Å²) in [7, 11) is 0. The van der Waals surface area contributed by atoms with Crippen molar-refractivity contribution >= 4 is 5.96 Å². The standard InChI is InChI=1S/C14H20F3N5/c15-14(16,17)10-7-19-12(20-8-10)9-21-13(18)22-11-5-3-1-2-4-6-11/h7-8,11H,1-6,9H2,(H3,18,21,22). The summed E-state index contributed by atoms with van der Waals surface area (Å²) in [6.07, 6.45) is 4.05. The van der Waals surface area contributed by atoms with Crippen molar-refractivity contribution in [1.82, 2.24) is 15.3 Å². The van der Waals surface area contributed by atoms with E-state index in [0.717, 1.165) is 25.2 Å². The van der Waals surface area contributed by atoms with Gasteiger partial charge in [-0.25, -0.2) is 15.0 Å². The van der Waals surface area contributed by atoms with Crippen LogP contribution in [0.2, 0.25) is 0 Å². The zero-order chi connectivity index (χ0) is 16.0. The molecule has 1 heterocycles. The molecular weight excluding hydrogens is 295 g/mol. The number of hydrogen-bond donors (Lipinski definition) is 2. The molecule has 1 aromatic rings. The van der Waals surface area contributed by atoms with Gasteiger partial charge in [0.15, 0.2) is 5.96 Å². The van der Waals surface area contributed by atoms with Gasteiger partial charge in [0, 0.05) is 18.4 Å². The van der Waals surface area contributed by atoms with Crippen LogP contribution < -0.4 is 11.1 Å². The second-order valence-electron chi connectivity index (χ2n) is 5.42. The van der Waals surface area contributed by atoms with Crippen molar-refractivity contribution in [2.45, 2.75) is 57.3 Å². The maximum atomic E-state index is 12.4. The van der Waals surface area contributed by atoms with Crippen molar-refractivity contribution < 1.29 is 13.2 Å². The number of rotatable bonds is 3. The molecule has 22 heavy (non-hydrogen) atoms. The lowest BCUT2D eigenvalue weighted by Gasteiger charge is -2.16. The number of aliphatic imine (C=N–C) groups is 1. The highest BCUT2D eigenvalue weighted by Crippen LogP contribution is 2.27. The summed E-state index contributed by atoms with van der Waals surface area (Å²) in [6.45, 7) is 0.0592. The van der Waals surface area contributed by atoms with Crippen LogP contribution in [-0.2, 0) is 12.7 Å². The van der Waals surface area contributed by atoms with Crippen molar-refractivity contribution in [1.29, 1.82) is 0 Å². The van der Waals surface area contributed by atoms with E-state index in [1.54, 1.807) is 0 Å². The van der Waals surface area contributed by atoms with Crippen molar-refractivity contribution in [3.63, 3.8) is 0 Å². The van der Waals surface area contributed by atoms with Crippen LogP contribution in [0.1, 0.15) is 49.9 Å². The summed E-state index contributed by atoms with van der Waals surface area (Å²) in [4.78, 5) is 11.4. The largest absolute Gasteiger partial charge is 0.419 e. The summed E-state index contributed by atoms with van der Waals surface area (Å²) in [5.41, 5.74) is 4.94. The minimum atomic E-state index is -4.43. The molecule has 2 rings (SSSR count). The smallest absolute Gasteiger partial charge is 0.370 e. The highest BCUT2D eigenvalue weighted by Gasteiger charge is 2.31. The van der Waals surface area contributed by atoms with E-state index in [0.29, 0.717) is 6.04 Å². The van der Waals surface area contributed by atoms with Crippen LogP contribution in [0.25, 0.3) is 0 Å². The van der Waals surface area contributed by atoms with Crippen LogP contribution in [-0.4, -0.2) is 22.0 Å². The van der Waals surface area contributed by atoms with E-state index in [1.807, 2.05) is 0 Å². The average molecular weight is 315 g/mol. The Morgan fingerprint density at radius 2 is 1.77 bits per heavy atom. The third kappa shape index (κ3) is 5.16. The first kappa shape index (κ1) is 16.5. The number of hydrogen-bond acceptors (Lipinski definition) is 3. The van der Waals surface area contributed by atoms with Gasteiger partial charge in [-0.3, -0.25) is 0 Å². The molecule has 0 spiro atoms. The summed E-state index contributed by atoms with van der Waals surface area (Å²) in [6, 6.07) is 0.319. The summed E-state index contributed by atoms with van der Waals surface area (Å²) < 4.78 is 37.2. The molecule has 1 aliphatic carbocycles. The highest BCUT2D eigenvalue weighted by atomic mass is 19.4. The van der Waals surface area contributed by atoms with Gasteiger partial charge >= 0.3 is 6.18 Å². The Labute approximate surface area is 127 Å². The van der Waals surface area contributed by atoms with Gasteiger partial charge in [0.25, 0.3) is 0 Å². The number of alkyl halides is 3. The van der Waals surface area contributed by atoms with Gasteiger partial charge in [-0.15, -0.1) is 0 Å². The first-order chi connectivity index (χ1) is 10.4. The lowest BCUT2D eigenvalue weighted by molar-refractivity contribution is -0.138. The van der Waals surface area contributed by atoms with E-state index in [-0.39, 0.29) is 18.3 Å². The summed E-state index contributed by atoms with van der Waals surface area (Å²) in [5, 5.41) is 3.16. The Hall–Kier alpha value is -1.86. The number of guanidine groups is 1. The number of halogens is 3.